The molecule has 0 bridgehead atoms. The first kappa shape index (κ1) is 15.8. The summed E-state index contributed by atoms with van der Waals surface area (Å²) in [6.07, 6.45) is 2.38. The molecule has 0 saturated carbocycles. The number of aryl methyl sites for hydroxylation is 1. The Kier molecular flexibility index (Phi) is 3.57. The Morgan fingerprint density at radius 1 is 1.24 bits per heavy atom. The molecule has 2 heterocycles. The minimum absolute atomic E-state index is 0.0207. The number of nitro benzene ring substituents is 1. The fraction of sp³-hybridized carbons (Fsp3) is 0.294. The molecule has 25 heavy (non-hydrogen) atoms. The van der Waals surface area contributed by atoms with Gasteiger partial charge in [0.2, 0.25) is 0 Å². The number of nitrogens with zero attached hydrogens (tertiary/aromatic N) is 2. The molecule has 1 N–H and O–H groups in total. The van der Waals surface area contributed by atoms with E-state index in [4.69, 9.17) is 0 Å². The van der Waals surface area contributed by atoms with Crippen molar-refractivity contribution in [2.24, 2.45) is 0 Å². The second-order valence-corrected chi connectivity index (χ2v) is 7.26. The molecular formula is C17H15N3O4S. The van der Waals surface area contributed by atoms with E-state index in [2.05, 4.69) is 5.32 Å². The standard InChI is InChI=1S/C17H15N3O4S/c21-15-17(8-1-2-14-13(17)7-9-25-14)18-16(22)19(15)10-11-3-5-12(6-4-11)20(23)24/h3-7,9H,1-2,8,10H2,(H,18,22)/t17-/m1/s1. The smallest absolute Gasteiger partial charge is 0.319 e. The SMILES string of the molecule is O=C1N[C@@]2(CCCc3sccc32)C(=O)N1Cc1ccc([N+](=O)[O-])cc1. The van der Waals surface area contributed by atoms with Crippen LogP contribution in [0.5, 0.6) is 0 Å². The van der Waals surface area contributed by atoms with Gasteiger partial charge in [0.15, 0.2) is 0 Å². The van der Waals surface area contributed by atoms with E-state index in [1.807, 2.05) is 11.4 Å². The third kappa shape index (κ3) is 2.41. The van der Waals surface area contributed by atoms with Crippen LogP contribution in [0.4, 0.5) is 10.5 Å². The van der Waals surface area contributed by atoms with Crippen molar-refractivity contribution in [3.05, 3.63) is 61.8 Å². The number of amides is 3. The number of rotatable bonds is 3. The fourth-order valence-electron chi connectivity index (χ4n) is 3.59. The van der Waals surface area contributed by atoms with E-state index in [1.54, 1.807) is 23.5 Å². The number of nitrogens with one attached hydrogen (secondary N) is 1. The summed E-state index contributed by atoms with van der Waals surface area (Å²) in [5.41, 5.74) is 0.610. The van der Waals surface area contributed by atoms with Crippen LogP contribution < -0.4 is 5.32 Å². The molecule has 1 aromatic carbocycles. The Labute approximate surface area is 147 Å². The topological polar surface area (TPSA) is 92.6 Å². The van der Waals surface area contributed by atoms with Gasteiger partial charge in [-0.3, -0.25) is 19.8 Å². The molecule has 1 aliphatic carbocycles. The lowest BCUT2D eigenvalue weighted by Crippen LogP contribution is -2.46. The second kappa shape index (κ2) is 5.66. The molecule has 0 unspecified atom stereocenters. The number of carbonyl (C=O) groups is 2. The molecule has 4 rings (SSSR count). The van der Waals surface area contributed by atoms with Crippen molar-refractivity contribution in [1.29, 1.82) is 0 Å². The predicted molar refractivity (Wildman–Crippen MR) is 91.1 cm³/mol. The molecular weight excluding hydrogens is 342 g/mol. The van der Waals surface area contributed by atoms with Crippen LogP contribution in [0, 0.1) is 10.1 Å². The first-order valence-electron chi connectivity index (χ1n) is 7.95. The summed E-state index contributed by atoms with van der Waals surface area (Å²) in [6.45, 7) is 0.101. The number of benzene rings is 1. The second-order valence-electron chi connectivity index (χ2n) is 6.26. The minimum Gasteiger partial charge on any atom is -0.319 e. The van der Waals surface area contributed by atoms with Gasteiger partial charge in [-0.2, -0.15) is 0 Å². The molecule has 128 valence electrons. The van der Waals surface area contributed by atoms with E-state index in [-0.39, 0.29) is 18.1 Å². The van der Waals surface area contributed by atoms with Gasteiger partial charge in [0.25, 0.3) is 11.6 Å². The molecule has 3 amide bonds. The molecule has 1 aromatic heterocycles. The zero-order chi connectivity index (χ0) is 17.6. The summed E-state index contributed by atoms with van der Waals surface area (Å²) in [5.74, 6) is -0.241. The van der Waals surface area contributed by atoms with Gasteiger partial charge in [0.05, 0.1) is 11.5 Å². The first-order valence-corrected chi connectivity index (χ1v) is 8.83. The number of imide groups is 1. The Hall–Kier alpha value is -2.74. The van der Waals surface area contributed by atoms with Crippen LogP contribution >= 0.6 is 11.3 Å². The minimum atomic E-state index is -0.953. The fourth-order valence-corrected chi connectivity index (χ4v) is 4.59. The molecule has 2 aliphatic rings. The number of hydrogen-bond acceptors (Lipinski definition) is 5. The van der Waals surface area contributed by atoms with Crippen molar-refractivity contribution in [3.63, 3.8) is 0 Å². The molecule has 2 aromatic rings. The third-order valence-electron chi connectivity index (χ3n) is 4.82. The van der Waals surface area contributed by atoms with Crippen LogP contribution in [0.25, 0.3) is 0 Å². The number of hydrogen-bond donors (Lipinski definition) is 1. The lowest BCUT2D eigenvalue weighted by atomic mass is 9.80. The predicted octanol–water partition coefficient (Wildman–Crippen LogP) is 2.94. The lowest BCUT2D eigenvalue weighted by molar-refractivity contribution is -0.384. The molecule has 1 saturated heterocycles. The highest BCUT2D eigenvalue weighted by Crippen LogP contribution is 2.42. The number of urea groups is 1. The van der Waals surface area contributed by atoms with Gasteiger partial charge in [0.1, 0.15) is 5.54 Å². The molecule has 7 nitrogen and oxygen atoms in total. The molecule has 1 aliphatic heterocycles. The quantitative estimate of drug-likeness (QED) is 0.519. The third-order valence-corrected chi connectivity index (χ3v) is 5.81. The van der Waals surface area contributed by atoms with E-state index in [0.717, 1.165) is 23.3 Å². The molecule has 1 atom stereocenters. The first-order chi connectivity index (χ1) is 12.0. The van der Waals surface area contributed by atoms with E-state index < -0.39 is 16.5 Å². The monoisotopic (exact) mass is 357 g/mol. The largest absolute Gasteiger partial charge is 0.325 e. The van der Waals surface area contributed by atoms with Crippen molar-refractivity contribution in [2.45, 2.75) is 31.3 Å². The van der Waals surface area contributed by atoms with Gasteiger partial charge >= 0.3 is 6.03 Å². The number of carbonyl (C=O) groups excluding carboxylic acids is 2. The van der Waals surface area contributed by atoms with Crippen molar-refractivity contribution in [1.82, 2.24) is 10.2 Å². The van der Waals surface area contributed by atoms with Crippen molar-refractivity contribution < 1.29 is 14.5 Å². The number of fused-ring (bicyclic) bond motifs is 2. The van der Waals surface area contributed by atoms with E-state index in [1.165, 1.54) is 17.0 Å². The highest BCUT2D eigenvalue weighted by molar-refractivity contribution is 7.10. The summed E-state index contributed by atoms with van der Waals surface area (Å²) < 4.78 is 0. The highest BCUT2D eigenvalue weighted by Gasteiger charge is 2.54. The van der Waals surface area contributed by atoms with Crippen LogP contribution in [-0.2, 0) is 23.3 Å². The van der Waals surface area contributed by atoms with E-state index >= 15 is 0 Å². The molecule has 1 fully saturated rings. The average Bonchev–Trinajstić information content (AvgIpc) is 3.16. The Morgan fingerprint density at radius 3 is 2.72 bits per heavy atom. The van der Waals surface area contributed by atoms with Crippen molar-refractivity contribution >= 4 is 29.0 Å². The molecule has 0 radical (unpaired) electrons. The van der Waals surface area contributed by atoms with Crippen molar-refractivity contribution in [3.8, 4) is 0 Å². The zero-order valence-corrected chi connectivity index (χ0v) is 14.0. The number of nitro groups is 1. The zero-order valence-electron chi connectivity index (χ0n) is 13.2. The van der Waals surface area contributed by atoms with Crippen molar-refractivity contribution in [2.75, 3.05) is 0 Å². The summed E-state index contributed by atoms with van der Waals surface area (Å²) >= 11 is 1.61. The Balaban J connectivity index is 1.62. The summed E-state index contributed by atoms with van der Waals surface area (Å²) in [6, 6.07) is 7.40. The van der Waals surface area contributed by atoms with Crippen LogP contribution in [0.15, 0.2) is 35.7 Å². The molecule has 8 heteroatoms. The van der Waals surface area contributed by atoms with Gasteiger partial charge in [-0.1, -0.05) is 12.1 Å². The van der Waals surface area contributed by atoms with E-state index in [9.17, 15) is 19.7 Å². The molecule has 1 spiro atoms. The number of thiophene rings is 1. The maximum atomic E-state index is 13.1. The highest BCUT2D eigenvalue weighted by atomic mass is 32.1. The van der Waals surface area contributed by atoms with Gasteiger partial charge in [0, 0.05) is 22.6 Å². The van der Waals surface area contributed by atoms with Crippen LogP contribution in [-0.4, -0.2) is 21.8 Å². The van der Waals surface area contributed by atoms with Gasteiger partial charge in [-0.05, 0) is 36.3 Å². The maximum absolute atomic E-state index is 13.1. The van der Waals surface area contributed by atoms with Gasteiger partial charge in [-0.25, -0.2) is 4.79 Å². The lowest BCUT2D eigenvalue weighted by Gasteiger charge is -2.31. The number of non-ortho nitro benzene ring substituents is 1. The maximum Gasteiger partial charge on any atom is 0.325 e. The summed E-state index contributed by atoms with van der Waals surface area (Å²) in [5, 5.41) is 15.6. The van der Waals surface area contributed by atoms with Crippen LogP contribution in [0.2, 0.25) is 0 Å². The van der Waals surface area contributed by atoms with Crippen LogP contribution in [0.1, 0.15) is 28.8 Å². The average molecular weight is 357 g/mol. The Bertz CT molecular complexity index is 876. The van der Waals surface area contributed by atoms with Crippen LogP contribution in [0.3, 0.4) is 0 Å². The van der Waals surface area contributed by atoms with E-state index in [0.29, 0.717) is 12.0 Å². The van der Waals surface area contributed by atoms with Gasteiger partial charge in [-0.15, -0.1) is 11.3 Å². The van der Waals surface area contributed by atoms with Gasteiger partial charge < -0.3 is 5.32 Å². The summed E-state index contributed by atoms with van der Waals surface area (Å²) in [4.78, 5) is 38.1. The normalized spacial score (nSPS) is 22.2. The Morgan fingerprint density at radius 2 is 2.00 bits per heavy atom. The summed E-state index contributed by atoms with van der Waals surface area (Å²) in [7, 11) is 0.